The molecular formula is C25H20N4O5. The number of carbonyl (C=O) groups excluding carboxylic acids is 2. The molecule has 0 atom stereocenters. The zero-order chi connectivity index (χ0) is 24.1. The van der Waals surface area contributed by atoms with Gasteiger partial charge in [0.05, 0.1) is 16.2 Å². The van der Waals surface area contributed by atoms with Gasteiger partial charge in [0.25, 0.3) is 5.69 Å². The van der Waals surface area contributed by atoms with Crippen LogP contribution in [0.3, 0.4) is 0 Å². The molecule has 9 heteroatoms. The summed E-state index contributed by atoms with van der Waals surface area (Å²) in [5.74, 6) is -1.18. The van der Waals surface area contributed by atoms with E-state index < -0.39 is 16.7 Å². The van der Waals surface area contributed by atoms with Gasteiger partial charge in [0, 0.05) is 36.6 Å². The van der Waals surface area contributed by atoms with Crippen LogP contribution in [0.1, 0.15) is 31.8 Å². The lowest BCUT2D eigenvalue weighted by atomic mass is 9.97. The van der Waals surface area contributed by atoms with E-state index in [0.29, 0.717) is 0 Å². The fourth-order valence-corrected chi connectivity index (χ4v) is 3.44. The number of ketones is 1. The maximum Gasteiger partial charge on any atom is 0.339 e. The first-order valence-electron chi connectivity index (χ1n) is 10.3. The van der Waals surface area contributed by atoms with Crippen molar-refractivity contribution >= 4 is 23.1 Å². The number of nitro groups is 1. The second kappa shape index (κ2) is 9.78. The monoisotopic (exact) mass is 456 g/mol. The summed E-state index contributed by atoms with van der Waals surface area (Å²) in [5.41, 5.74) is 1.98. The maximum atomic E-state index is 13.1. The molecule has 0 aliphatic rings. The molecule has 0 aliphatic heterocycles. The summed E-state index contributed by atoms with van der Waals surface area (Å²) in [4.78, 5) is 36.7. The molecule has 0 bridgehead atoms. The zero-order valence-electron chi connectivity index (χ0n) is 18.2. The van der Waals surface area contributed by atoms with Crippen LogP contribution in [-0.4, -0.2) is 33.5 Å². The summed E-state index contributed by atoms with van der Waals surface area (Å²) in [6, 6.07) is 19.5. The van der Waals surface area contributed by atoms with Crippen molar-refractivity contribution < 1.29 is 19.2 Å². The Morgan fingerprint density at radius 1 is 1.03 bits per heavy atom. The Morgan fingerprint density at radius 3 is 2.41 bits per heavy atom. The second-order valence-corrected chi connectivity index (χ2v) is 7.31. The molecule has 0 saturated carbocycles. The number of benzene rings is 3. The number of ether oxygens (including phenoxy) is 1. The van der Waals surface area contributed by atoms with E-state index in [1.807, 2.05) is 36.5 Å². The molecule has 1 N–H and O–H groups in total. The Balaban J connectivity index is 1.52. The van der Waals surface area contributed by atoms with Crippen LogP contribution < -0.4 is 5.32 Å². The summed E-state index contributed by atoms with van der Waals surface area (Å²) in [5, 5.41) is 18.2. The molecule has 0 unspecified atom stereocenters. The van der Waals surface area contributed by atoms with Gasteiger partial charge in [-0.2, -0.15) is 5.10 Å². The normalized spacial score (nSPS) is 10.5. The predicted octanol–water partition coefficient (Wildman–Crippen LogP) is 4.41. The first-order chi connectivity index (χ1) is 16.5. The standard InChI is InChI=1S/C25H20N4O5/c1-26-22-12-9-18(15-23(22)29(32)33)24(30)20-5-2-3-6-21(20)25(31)34-16-17-7-10-19(11-8-17)28-14-4-13-27-28/h2-15,26H,16H2,1H3. The third-order valence-corrected chi connectivity index (χ3v) is 5.19. The summed E-state index contributed by atoms with van der Waals surface area (Å²) in [7, 11) is 1.56. The highest BCUT2D eigenvalue weighted by molar-refractivity contribution is 6.14. The lowest BCUT2D eigenvalue weighted by Gasteiger charge is -2.10. The van der Waals surface area contributed by atoms with Gasteiger partial charge >= 0.3 is 5.97 Å². The molecule has 4 rings (SSSR count). The van der Waals surface area contributed by atoms with E-state index in [1.54, 1.807) is 30.1 Å². The van der Waals surface area contributed by atoms with Gasteiger partial charge in [-0.25, -0.2) is 9.48 Å². The average Bonchev–Trinajstić information content (AvgIpc) is 3.42. The van der Waals surface area contributed by atoms with Gasteiger partial charge in [-0.1, -0.05) is 30.3 Å². The van der Waals surface area contributed by atoms with Crippen molar-refractivity contribution in [3.63, 3.8) is 0 Å². The number of rotatable bonds is 8. The number of hydrogen-bond donors (Lipinski definition) is 1. The van der Waals surface area contributed by atoms with Gasteiger partial charge < -0.3 is 10.1 Å². The number of carbonyl (C=O) groups is 2. The first kappa shape index (κ1) is 22.4. The van der Waals surface area contributed by atoms with E-state index in [-0.39, 0.29) is 34.7 Å². The van der Waals surface area contributed by atoms with E-state index in [0.717, 1.165) is 11.3 Å². The average molecular weight is 456 g/mol. The van der Waals surface area contributed by atoms with Crippen LogP contribution in [0.2, 0.25) is 0 Å². The van der Waals surface area contributed by atoms with Crippen molar-refractivity contribution in [3.05, 3.63) is 118 Å². The van der Waals surface area contributed by atoms with Gasteiger partial charge in [0.1, 0.15) is 12.3 Å². The Bertz CT molecular complexity index is 1350. The number of aromatic nitrogens is 2. The molecule has 3 aromatic carbocycles. The van der Waals surface area contributed by atoms with Gasteiger partial charge in [-0.3, -0.25) is 14.9 Å². The third kappa shape index (κ3) is 4.68. The lowest BCUT2D eigenvalue weighted by molar-refractivity contribution is -0.384. The van der Waals surface area contributed by atoms with Gasteiger partial charge in [0.15, 0.2) is 5.78 Å². The molecule has 0 amide bonds. The highest BCUT2D eigenvalue weighted by Crippen LogP contribution is 2.27. The van der Waals surface area contributed by atoms with Gasteiger partial charge in [-0.15, -0.1) is 0 Å². The molecule has 1 heterocycles. The fourth-order valence-electron chi connectivity index (χ4n) is 3.44. The quantitative estimate of drug-likeness (QED) is 0.181. The molecule has 9 nitrogen and oxygen atoms in total. The minimum absolute atomic E-state index is 0.0169. The Labute approximate surface area is 194 Å². The van der Waals surface area contributed by atoms with Crippen LogP contribution in [0, 0.1) is 10.1 Å². The lowest BCUT2D eigenvalue weighted by Crippen LogP contribution is -2.13. The second-order valence-electron chi connectivity index (χ2n) is 7.31. The summed E-state index contributed by atoms with van der Waals surface area (Å²) >= 11 is 0. The number of nitro benzene ring substituents is 1. The molecule has 170 valence electrons. The number of hydrogen-bond acceptors (Lipinski definition) is 7. The van der Waals surface area contributed by atoms with Crippen molar-refractivity contribution in [2.75, 3.05) is 12.4 Å². The van der Waals surface area contributed by atoms with E-state index in [9.17, 15) is 19.7 Å². The van der Waals surface area contributed by atoms with Crippen LogP contribution in [0.4, 0.5) is 11.4 Å². The zero-order valence-corrected chi connectivity index (χ0v) is 18.2. The Kier molecular flexibility index (Phi) is 6.45. The minimum atomic E-state index is -0.665. The van der Waals surface area contributed by atoms with Crippen LogP contribution >= 0.6 is 0 Å². The molecule has 34 heavy (non-hydrogen) atoms. The maximum absolute atomic E-state index is 13.1. The molecule has 0 spiro atoms. The van der Waals surface area contributed by atoms with Crippen molar-refractivity contribution in [2.24, 2.45) is 0 Å². The van der Waals surface area contributed by atoms with Crippen LogP contribution in [-0.2, 0) is 11.3 Å². The summed E-state index contributed by atoms with van der Waals surface area (Å²) in [6.07, 6.45) is 3.51. The van der Waals surface area contributed by atoms with E-state index in [4.69, 9.17) is 4.74 Å². The first-order valence-corrected chi connectivity index (χ1v) is 10.3. The summed E-state index contributed by atoms with van der Waals surface area (Å²) < 4.78 is 7.15. The van der Waals surface area contributed by atoms with Crippen molar-refractivity contribution in [3.8, 4) is 5.69 Å². The minimum Gasteiger partial charge on any atom is -0.457 e. The van der Waals surface area contributed by atoms with Crippen LogP contribution in [0.25, 0.3) is 5.69 Å². The van der Waals surface area contributed by atoms with Crippen molar-refractivity contribution in [2.45, 2.75) is 6.61 Å². The van der Waals surface area contributed by atoms with Gasteiger partial charge in [0.2, 0.25) is 0 Å². The number of esters is 1. The van der Waals surface area contributed by atoms with E-state index in [2.05, 4.69) is 10.4 Å². The SMILES string of the molecule is CNc1ccc(C(=O)c2ccccc2C(=O)OCc2ccc(-n3cccn3)cc2)cc1[N+](=O)[O-]. The van der Waals surface area contributed by atoms with E-state index in [1.165, 1.54) is 30.3 Å². The largest absolute Gasteiger partial charge is 0.457 e. The Hall–Kier alpha value is -4.79. The predicted molar refractivity (Wildman–Crippen MR) is 125 cm³/mol. The highest BCUT2D eigenvalue weighted by Gasteiger charge is 2.22. The number of anilines is 1. The molecule has 0 aliphatic carbocycles. The Morgan fingerprint density at radius 2 is 1.76 bits per heavy atom. The van der Waals surface area contributed by atoms with Gasteiger partial charge in [-0.05, 0) is 42.0 Å². The number of nitrogens with one attached hydrogen (secondary N) is 1. The van der Waals surface area contributed by atoms with Crippen molar-refractivity contribution in [1.82, 2.24) is 9.78 Å². The van der Waals surface area contributed by atoms with E-state index >= 15 is 0 Å². The molecular weight excluding hydrogens is 436 g/mol. The highest BCUT2D eigenvalue weighted by atomic mass is 16.6. The van der Waals surface area contributed by atoms with Crippen LogP contribution in [0.5, 0.6) is 0 Å². The molecule has 1 aromatic heterocycles. The fraction of sp³-hybridized carbons (Fsp3) is 0.0800. The topological polar surface area (TPSA) is 116 Å². The molecule has 0 radical (unpaired) electrons. The molecule has 0 saturated heterocycles. The molecule has 4 aromatic rings. The smallest absolute Gasteiger partial charge is 0.339 e. The number of nitrogens with zero attached hydrogens (tertiary/aromatic N) is 3. The van der Waals surface area contributed by atoms with Crippen molar-refractivity contribution in [1.29, 1.82) is 0 Å². The molecule has 0 fully saturated rings. The summed E-state index contributed by atoms with van der Waals surface area (Å²) in [6.45, 7) is 0.0169. The third-order valence-electron chi connectivity index (χ3n) is 5.19. The van der Waals surface area contributed by atoms with Crippen LogP contribution in [0.15, 0.2) is 85.2 Å².